The first-order chi connectivity index (χ1) is 10.6. The van der Waals surface area contributed by atoms with Gasteiger partial charge in [-0.1, -0.05) is 24.3 Å². The molecule has 0 fully saturated rings. The largest absolute Gasteiger partial charge is 0.504 e. The maximum Gasteiger partial charge on any atom is 0.191 e. The zero-order valence-corrected chi connectivity index (χ0v) is 13.1. The van der Waals surface area contributed by atoms with Crippen LogP contribution in [0.15, 0.2) is 47.6 Å². The normalized spacial score (nSPS) is 10.5. The molecule has 0 amide bonds. The molecule has 5 nitrogen and oxygen atoms in total. The number of hydrogen-bond acceptors (Lipinski definition) is 4. The van der Waals surface area contributed by atoms with Crippen molar-refractivity contribution in [1.82, 2.24) is 5.43 Å². The van der Waals surface area contributed by atoms with Crippen LogP contribution >= 0.6 is 12.2 Å². The van der Waals surface area contributed by atoms with Gasteiger partial charge in [0.1, 0.15) is 0 Å². The highest BCUT2D eigenvalue weighted by Gasteiger charge is 2.04. The Morgan fingerprint density at radius 1 is 1.23 bits per heavy atom. The third-order valence-corrected chi connectivity index (χ3v) is 3.21. The molecule has 0 saturated heterocycles. The van der Waals surface area contributed by atoms with Crippen molar-refractivity contribution in [1.29, 1.82) is 0 Å². The van der Waals surface area contributed by atoms with Crippen LogP contribution in [0.25, 0.3) is 0 Å². The fourth-order valence-electron chi connectivity index (χ4n) is 1.83. The lowest BCUT2D eigenvalue weighted by atomic mass is 10.2. The summed E-state index contributed by atoms with van der Waals surface area (Å²) in [6.45, 7) is 1.99. The third-order valence-electron chi connectivity index (χ3n) is 3.01. The second kappa shape index (κ2) is 7.42. The number of benzene rings is 2. The van der Waals surface area contributed by atoms with E-state index in [0.717, 1.165) is 11.3 Å². The van der Waals surface area contributed by atoms with Crippen molar-refractivity contribution < 1.29 is 9.84 Å². The minimum absolute atomic E-state index is 0.0355. The van der Waals surface area contributed by atoms with Gasteiger partial charge in [-0.3, -0.25) is 5.43 Å². The van der Waals surface area contributed by atoms with Gasteiger partial charge in [0, 0.05) is 11.3 Å². The van der Waals surface area contributed by atoms with E-state index in [9.17, 15) is 5.11 Å². The van der Waals surface area contributed by atoms with E-state index in [-0.39, 0.29) is 5.75 Å². The van der Waals surface area contributed by atoms with E-state index >= 15 is 0 Å². The Bertz CT molecular complexity index is 702. The van der Waals surface area contributed by atoms with Gasteiger partial charge >= 0.3 is 0 Å². The molecule has 0 heterocycles. The first-order valence-electron chi connectivity index (χ1n) is 6.63. The smallest absolute Gasteiger partial charge is 0.191 e. The van der Waals surface area contributed by atoms with Crippen LogP contribution in [-0.2, 0) is 0 Å². The molecule has 0 unspecified atom stereocenters. The summed E-state index contributed by atoms with van der Waals surface area (Å²) in [6.07, 6.45) is 1.48. The highest BCUT2D eigenvalue weighted by molar-refractivity contribution is 7.80. The standard InChI is InChI=1S/C16H17N3O2S/c1-11-6-3-4-8-13(11)18-16(22)19-17-10-12-7-5-9-14(21-2)15(12)20/h3-10,20H,1-2H3,(H2,18,19,22)/b17-10+. The molecule has 114 valence electrons. The number of para-hydroxylation sites is 2. The molecule has 2 aromatic rings. The molecule has 0 aromatic heterocycles. The summed E-state index contributed by atoms with van der Waals surface area (Å²) in [5.41, 5.74) is 5.24. The molecule has 0 saturated carbocycles. The zero-order valence-electron chi connectivity index (χ0n) is 12.3. The Morgan fingerprint density at radius 2 is 2.00 bits per heavy atom. The number of aryl methyl sites for hydroxylation is 1. The van der Waals surface area contributed by atoms with Crippen molar-refractivity contribution in [3.8, 4) is 11.5 Å². The average Bonchev–Trinajstić information content (AvgIpc) is 2.51. The molecule has 0 radical (unpaired) electrons. The van der Waals surface area contributed by atoms with Crippen LogP contribution in [0.3, 0.4) is 0 Å². The van der Waals surface area contributed by atoms with E-state index < -0.39 is 0 Å². The number of phenols is 1. The van der Waals surface area contributed by atoms with E-state index in [1.165, 1.54) is 13.3 Å². The van der Waals surface area contributed by atoms with E-state index in [1.807, 2.05) is 31.2 Å². The third kappa shape index (κ3) is 3.95. The van der Waals surface area contributed by atoms with Gasteiger partial charge in [0.15, 0.2) is 16.6 Å². The number of hydrogen-bond donors (Lipinski definition) is 3. The van der Waals surface area contributed by atoms with Crippen LogP contribution in [0.5, 0.6) is 11.5 Å². The van der Waals surface area contributed by atoms with Gasteiger partial charge in [0.05, 0.1) is 13.3 Å². The van der Waals surface area contributed by atoms with Gasteiger partial charge in [0.25, 0.3) is 0 Å². The molecule has 6 heteroatoms. The monoisotopic (exact) mass is 315 g/mol. The van der Waals surface area contributed by atoms with E-state index in [4.69, 9.17) is 17.0 Å². The minimum Gasteiger partial charge on any atom is -0.504 e. The van der Waals surface area contributed by atoms with Crippen molar-refractivity contribution in [2.45, 2.75) is 6.92 Å². The van der Waals surface area contributed by atoms with Crippen molar-refractivity contribution in [3.63, 3.8) is 0 Å². The average molecular weight is 315 g/mol. The second-order valence-corrected chi connectivity index (χ2v) is 4.95. The van der Waals surface area contributed by atoms with Crippen LogP contribution in [-0.4, -0.2) is 23.5 Å². The van der Waals surface area contributed by atoms with Gasteiger partial charge in [0.2, 0.25) is 0 Å². The summed E-state index contributed by atoms with van der Waals surface area (Å²) in [4.78, 5) is 0. The summed E-state index contributed by atoms with van der Waals surface area (Å²) < 4.78 is 5.04. The topological polar surface area (TPSA) is 65.9 Å². The van der Waals surface area contributed by atoms with Crippen molar-refractivity contribution in [2.24, 2.45) is 5.10 Å². The maximum atomic E-state index is 9.93. The van der Waals surface area contributed by atoms with Gasteiger partial charge in [-0.2, -0.15) is 5.10 Å². The van der Waals surface area contributed by atoms with Crippen LogP contribution in [0, 0.1) is 6.92 Å². The Hall–Kier alpha value is -2.60. The maximum absolute atomic E-state index is 9.93. The first-order valence-corrected chi connectivity index (χ1v) is 7.04. The molecule has 2 rings (SSSR count). The first kappa shape index (κ1) is 15.8. The van der Waals surface area contributed by atoms with E-state index in [2.05, 4.69) is 15.8 Å². The second-order valence-electron chi connectivity index (χ2n) is 4.54. The van der Waals surface area contributed by atoms with Crippen molar-refractivity contribution >= 4 is 29.2 Å². The number of phenolic OH excluding ortho intramolecular Hbond substituents is 1. The highest BCUT2D eigenvalue weighted by Crippen LogP contribution is 2.27. The molecule has 0 spiro atoms. The SMILES string of the molecule is COc1cccc(/C=N/NC(=S)Nc2ccccc2C)c1O. The quantitative estimate of drug-likeness (QED) is 0.460. The molecular formula is C16H17N3O2S. The van der Waals surface area contributed by atoms with Crippen LogP contribution in [0.4, 0.5) is 5.69 Å². The number of nitrogens with zero attached hydrogens (tertiary/aromatic N) is 1. The van der Waals surface area contributed by atoms with Crippen LogP contribution in [0.1, 0.15) is 11.1 Å². The van der Waals surface area contributed by atoms with Crippen molar-refractivity contribution in [3.05, 3.63) is 53.6 Å². The Kier molecular flexibility index (Phi) is 5.32. The summed E-state index contributed by atoms with van der Waals surface area (Å²) >= 11 is 5.17. The van der Waals surface area contributed by atoms with Gasteiger partial charge in [-0.25, -0.2) is 0 Å². The Labute approximate surface area is 134 Å². The molecule has 0 bridgehead atoms. The van der Waals surface area contributed by atoms with Gasteiger partial charge in [-0.05, 0) is 42.9 Å². The molecule has 0 aliphatic carbocycles. The Balaban J connectivity index is 1.98. The lowest BCUT2D eigenvalue weighted by Gasteiger charge is -2.09. The van der Waals surface area contributed by atoms with Gasteiger partial charge < -0.3 is 15.2 Å². The predicted molar refractivity (Wildman–Crippen MR) is 92.8 cm³/mol. The van der Waals surface area contributed by atoms with E-state index in [0.29, 0.717) is 16.4 Å². The van der Waals surface area contributed by atoms with Crippen LogP contribution in [0.2, 0.25) is 0 Å². The zero-order chi connectivity index (χ0) is 15.9. The number of thiocarbonyl (C=S) groups is 1. The summed E-state index contributed by atoms with van der Waals surface area (Å²) in [7, 11) is 1.50. The highest BCUT2D eigenvalue weighted by atomic mass is 32.1. The molecule has 3 N–H and O–H groups in total. The summed E-state index contributed by atoms with van der Waals surface area (Å²) in [5, 5.41) is 17.4. The Morgan fingerprint density at radius 3 is 2.73 bits per heavy atom. The van der Waals surface area contributed by atoms with Gasteiger partial charge in [-0.15, -0.1) is 0 Å². The molecule has 22 heavy (non-hydrogen) atoms. The summed E-state index contributed by atoms with van der Waals surface area (Å²) in [6, 6.07) is 13.0. The molecule has 2 aromatic carbocycles. The lowest BCUT2D eigenvalue weighted by Crippen LogP contribution is -2.24. The van der Waals surface area contributed by atoms with Crippen LogP contribution < -0.4 is 15.5 Å². The molecule has 0 atom stereocenters. The predicted octanol–water partition coefficient (Wildman–Crippen LogP) is 3.03. The van der Waals surface area contributed by atoms with E-state index in [1.54, 1.807) is 18.2 Å². The molecular weight excluding hydrogens is 298 g/mol. The summed E-state index contributed by atoms with van der Waals surface area (Å²) in [5.74, 6) is 0.429. The molecule has 0 aliphatic heterocycles. The number of rotatable bonds is 4. The number of nitrogens with one attached hydrogen (secondary N) is 2. The molecule has 0 aliphatic rings. The fourth-order valence-corrected chi connectivity index (χ4v) is 1.99. The number of anilines is 1. The number of methoxy groups -OCH3 is 1. The minimum atomic E-state index is 0.0355. The van der Waals surface area contributed by atoms with Crippen molar-refractivity contribution in [2.75, 3.05) is 12.4 Å². The number of ether oxygens (including phenoxy) is 1. The number of aromatic hydroxyl groups is 1. The number of hydrazone groups is 1. The fraction of sp³-hybridized carbons (Fsp3) is 0.125. The lowest BCUT2D eigenvalue weighted by molar-refractivity contribution is 0.373.